The predicted molar refractivity (Wildman–Crippen MR) is 97.9 cm³/mol. The van der Waals surface area contributed by atoms with Crippen molar-refractivity contribution in [3.05, 3.63) is 52.2 Å². The highest BCUT2D eigenvalue weighted by atomic mass is 19.1. The Kier molecular flexibility index (Phi) is 5.39. The molecule has 0 aliphatic heterocycles. The predicted octanol–water partition coefficient (Wildman–Crippen LogP) is 3.66. The first kappa shape index (κ1) is 19.5. The molecule has 0 aliphatic carbocycles. The summed E-state index contributed by atoms with van der Waals surface area (Å²) < 4.78 is 26.1. The van der Waals surface area contributed by atoms with Crippen LogP contribution in [0.2, 0.25) is 0 Å². The van der Waals surface area contributed by atoms with Gasteiger partial charge in [-0.3, -0.25) is 14.3 Å². The first-order valence-corrected chi connectivity index (χ1v) is 8.09. The van der Waals surface area contributed by atoms with Crippen molar-refractivity contribution in [1.29, 1.82) is 0 Å². The minimum Gasteiger partial charge on any atom is -0.494 e. The van der Waals surface area contributed by atoms with Crippen molar-refractivity contribution >= 4 is 11.8 Å². The number of aryl methyl sites for hydroxylation is 1. The number of hydrogen-bond donors (Lipinski definition) is 0. The number of carbonyl (C=O) groups is 1. The maximum Gasteiger partial charge on any atom is 0.414 e. The highest BCUT2D eigenvalue weighted by Gasteiger charge is 2.24. The topological polar surface area (TPSA) is 60.8 Å². The van der Waals surface area contributed by atoms with Gasteiger partial charge in [0.2, 0.25) is 0 Å². The molecule has 0 unspecified atom stereocenters. The SMILES string of the molecule is COc1cccc(F)c1-n1c(C)ccc(N(C)C(=O)OC(C)(C)C)c1=O. The third kappa shape index (κ3) is 3.87. The molecule has 140 valence electrons. The van der Waals surface area contributed by atoms with Crippen LogP contribution in [0.5, 0.6) is 5.75 Å². The van der Waals surface area contributed by atoms with Crippen molar-refractivity contribution in [3.63, 3.8) is 0 Å². The van der Waals surface area contributed by atoms with Gasteiger partial charge in [-0.15, -0.1) is 0 Å². The molecule has 0 bridgehead atoms. The molecule has 0 saturated carbocycles. The number of nitrogens with zero attached hydrogens (tertiary/aromatic N) is 2. The first-order valence-electron chi connectivity index (χ1n) is 8.09. The van der Waals surface area contributed by atoms with Crippen molar-refractivity contribution in [2.45, 2.75) is 33.3 Å². The van der Waals surface area contributed by atoms with Crippen LogP contribution in [0.3, 0.4) is 0 Å². The molecular formula is C19H23FN2O4. The van der Waals surface area contributed by atoms with Gasteiger partial charge in [0.15, 0.2) is 5.82 Å². The van der Waals surface area contributed by atoms with Crippen molar-refractivity contribution < 1.29 is 18.7 Å². The molecule has 26 heavy (non-hydrogen) atoms. The van der Waals surface area contributed by atoms with Gasteiger partial charge in [-0.1, -0.05) is 6.07 Å². The molecule has 6 nitrogen and oxygen atoms in total. The van der Waals surface area contributed by atoms with E-state index in [1.165, 1.54) is 36.9 Å². The number of amides is 1. The second-order valence-corrected chi connectivity index (χ2v) is 6.83. The Hall–Kier alpha value is -2.83. The Balaban J connectivity index is 2.61. The van der Waals surface area contributed by atoms with Crippen LogP contribution in [0.4, 0.5) is 14.9 Å². The van der Waals surface area contributed by atoms with Crippen molar-refractivity contribution in [2.24, 2.45) is 0 Å². The molecule has 0 saturated heterocycles. The largest absolute Gasteiger partial charge is 0.494 e. The lowest BCUT2D eigenvalue weighted by Crippen LogP contribution is -2.38. The summed E-state index contributed by atoms with van der Waals surface area (Å²) in [5, 5.41) is 0. The molecule has 0 aliphatic rings. The monoisotopic (exact) mass is 362 g/mol. The second-order valence-electron chi connectivity index (χ2n) is 6.83. The second kappa shape index (κ2) is 7.19. The summed E-state index contributed by atoms with van der Waals surface area (Å²) in [7, 11) is 2.83. The number of carbonyl (C=O) groups excluding carboxylic acids is 1. The Morgan fingerprint density at radius 1 is 1.19 bits per heavy atom. The molecule has 1 heterocycles. The number of halogens is 1. The summed E-state index contributed by atoms with van der Waals surface area (Å²) >= 11 is 0. The van der Waals surface area contributed by atoms with E-state index in [1.54, 1.807) is 39.8 Å². The number of rotatable bonds is 3. The van der Waals surface area contributed by atoms with Gasteiger partial charge < -0.3 is 9.47 Å². The lowest BCUT2D eigenvalue weighted by Gasteiger charge is -2.25. The van der Waals surface area contributed by atoms with Crippen molar-refractivity contribution in [2.75, 3.05) is 19.1 Å². The molecule has 2 rings (SSSR count). The van der Waals surface area contributed by atoms with Gasteiger partial charge in [0.25, 0.3) is 5.56 Å². The van der Waals surface area contributed by atoms with Crippen LogP contribution in [-0.4, -0.2) is 30.4 Å². The fourth-order valence-electron chi connectivity index (χ4n) is 2.46. The normalized spacial score (nSPS) is 11.2. The number of hydrogen-bond acceptors (Lipinski definition) is 4. The minimum absolute atomic E-state index is 0.00283. The van der Waals surface area contributed by atoms with E-state index in [0.717, 1.165) is 4.90 Å². The molecule has 0 radical (unpaired) electrons. The zero-order chi connectivity index (χ0) is 19.6. The van der Waals surface area contributed by atoms with Crippen LogP contribution >= 0.6 is 0 Å². The van der Waals surface area contributed by atoms with Gasteiger partial charge in [0, 0.05) is 12.7 Å². The number of ether oxygens (including phenoxy) is 2. The summed E-state index contributed by atoms with van der Waals surface area (Å²) in [5.41, 5.74) is -0.697. The highest BCUT2D eigenvalue weighted by molar-refractivity contribution is 5.87. The van der Waals surface area contributed by atoms with Crippen LogP contribution in [0.15, 0.2) is 35.1 Å². The Morgan fingerprint density at radius 2 is 1.85 bits per heavy atom. The number of benzene rings is 1. The molecule has 1 aromatic carbocycles. The van der Waals surface area contributed by atoms with Crippen molar-refractivity contribution in [3.8, 4) is 11.4 Å². The average Bonchev–Trinajstić information content (AvgIpc) is 2.54. The van der Waals surface area contributed by atoms with Gasteiger partial charge in [-0.2, -0.15) is 0 Å². The summed E-state index contributed by atoms with van der Waals surface area (Å²) in [6.45, 7) is 6.87. The summed E-state index contributed by atoms with van der Waals surface area (Å²) in [6, 6.07) is 7.44. The molecule has 0 N–H and O–H groups in total. The summed E-state index contributed by atoms with van der Waals surface area (Å²) in [4.78, 5) is 26.4. The minimum atomic E-state index is -0.705. The molecule has 0 fully saturated rings. The van der Waals surface area contributed by atoms with Gasteiger partial charge in [0.1, 0.15) is 22.7 Å². The zero-order valence-corrected chi connectivity index (χ0v) is 15.8. The van der Waals surface area contributed by atoms with E-state index in [-0.39, 0.29) is 17.1 Å². The van der Waals surface area contributed by atoms with Crippen molar-refractivity contribution in [1.82, 2.24) is 4.57 Å². The van der Waals surface area contributed by atoms with E-state index in [4.69, 9.17) is 9.47 Å². The van der Waals surface area contributed by atoms with E-state index in [2.05, 4.69) is 0 Å². The molecular weight excluding hydrogens is 339 g/mol. The molecule has 7 heteroatoms. The van der Waals surface area contributed by atoms with Gasteiger partial charge in [-0.05, 0) is 52.0 Å². The fourth-order valence-corrected chi connectivity index (χ4v) is 2.46. The van der Waals surface area contributed by atoms with E-state index >= 15 is 0 Å². The van der Waals surface area contributed by atoms with E-state index in [0.29, 0.717) is 5.69 Å². The summed E-state index contributed by atoms with van der Waals surface area (Å²) in [5.74, 6) is -0.390. The van der Waals surface area contributed by atoms with Crippen LogP contribution < -0.4 is 15.2 Å². The Morgan fingerprint density at radius 3 is 2.42 bits per heavy atom. The smallest absolute Gasteiger partial charge is 0.414 e. The lowest BCUT2D eigenvalue weighted by atomic mass is 10.2. The Labute approximate surface area is 151 Å². The van der Waals surface area contributed by atoms with Gasteiger partial charge in [0.05, 0.1) is 7.11 Å². The zero-order valence-electron chi connectivity index (χ0n) is 15.8. The molecule has 1 aromatic heterocycles. The lowest BCUT2D eigenvalue weighted by molar-refractivity contribution is 0.0589. The van der Waals surface area contributed by atoms with E-state index in [9.17, 15) is 14.0 Å². The van der Waals surface area contributed by atoms with E-state index < -0.39 is 23.1 Å². The Bertz CT molecular complexity index is 884. The quantitative estimate of drug-likeness (QED) is 0.836. The maximum absolute atomic E-state index is 14.5. The maximum atomic E-state index is 14.5. The van der Waals surface area contributed by atoms with Crippen LogP contribution in [-0.2, 0) is 4.74 Å². The number of pyridine rings is 1. The number of aromatic nitrogens is 1. The molecule has 2 aromatic rings. The summed E-state index contributed by atoms with van der Waals surface area (Å²) in [6.07, 6.45) is -0.675. The standard InChI is InChI=1S/C19H23FN2O4/c1-12-10-11-14(21(5)18(24)26-19(2,3)4)17(23)22(12)16-13(20)8-7-9-15(16)25-6/h7-11H,1-6H3. The third-order valence-electron chi connectivity index (χ3n) is 3.68. The third-order valence-corrected chi connectivity index (χ3v) is 3.68. The van der Waals surface area contributed by atoms with E-state index in [1.807, 2.05) is 0 Å². The number of para-hydroxylation sites is 1. The molecule has 0 atom stereocenters. The number of anilines is 1. The van der Waals surface area contributed by atoms with Gasteiger partial charge in [-0.25, -0.2) is 9.18 Å². The average molecular weight is 362 g/mol. The molecule has 1 amide bonds. The van der Waals surface area contributed by atoms with Crippen LogP contribution in [0, 0.1) is 12.7 Å². The first-order chi connectivity index (χ1) is 12.1. The fraction of sp³-hybridized carbons (Fsp3) is 0.368. The van der Waals surface area contributed by atoms with Crippen LogP contribution in [0.25, 0.3) is 5.69 Å². The highest BCUT2D eigenvalue weighted by Crippen LogP contribution is 2.26. The van der Waals surface area contributed by atoms with Gasteiger partial charge >= 0.3 is 6.09 Å². The number of methoxy groups -OCH3 is 1. The van der Waals surface area contributed by atoms with Crippen LogP contribution in [0.1, 0.15) is 26.5 Å². The molecule has 0 spiro atoms.